The van der Waals surface area contributed by atoms with Crippen molar-refractivity contribution in [3.8, 4) is 0 Å². The molecular weight excluding hydrogens is 240 g/mol. The highest BCUT2D eigenvalue weighted by Crippen LogP contribution is 2.11. The van der Waals surface area contributed by atoms with Gasteiger partial charge in [0.1, 0.15) is 11.6 Å². The van der Waals surface area contributed by atoms with E-state index < -0.39 is 11.6 Å². The zero-order valence-electron chi connectivity index (χ0n) is 10.2. The summed E-state index contributed by atoms with van der Waals surface area (Å²) in [6.07, 6.45) is 0.367. The van der Waals surface area contributed by atoms with Gasteiger partial charge in [-0.2, -0.15) is 0 Å². The molecule has 1 atom stereocenters. The maximum atomic E-state index is 13.3. The number of carbonyl (C=O) groups is 1. The molecule has 0 saturated heterocycles. The predicted octanol–water partition coefficient (Wildman–Crippen LogP) is 1.64. The van der Waals surface area contributed by atoms with Crippen molar-refractivity contribution < 1.29 is 18.7 Å². The van der Waals surface area contributed by atoms with Crippen LogP contribution in [0.5, 0.6) is 0 Å². The Morgan fingerprint density at radius 1 is 1.44 bits per heavy atom. The summed E-state index contributed by atoms with van der Waals surface area (Å²) < 4.78 is 25.9. The third-order valence-electron chi connectivity index (χ3n) is 2.60. The third-order valence-corrected chi connectivity index (χ3v) is 2.60. The van der Waals surface area contributed by atoms with E-state index in [1.165, 1.54) is 12.1 Å². The molecule has 0 spiro atoms. The maximum Gasteiger partial charge on any atom is 0.220 e. The molecule has 1 aromatic carbocycles. The van der Waals surface area contributed by atoms with Gasteiger partial charge in [0.15, 0.2) is 0 Å². The van der Waals surface area contributed by atoms with Gasteiger partial charge in [0.05, 0.1) is 0 Å². The number of carbonyl (C=O) groups excluding carboxylic acids is 1. The number of benzene rings is 1. The second kappa shape index (κ2) is 7.06. The first-order valence-electron chi connectivity index (χ1n) is 5.84. The molecule has 5 heteroatoms. The lowest BCUT2D eigenvalue weighted by molar-refractivity contribution is -0.121. The van der Waals surface area contributed by atoms with Crippen molar-refractivity contribution in [3.05, 3.63) is 35.4 Å². The lowest BCUT2D eigenvalue weighted by Crippen LogP contribution is -2.29. The van der Waals surface area contributed by atoms with E-state index in [9.17, 15) is 13.6 Å². The van der Waals surface area contributed by atoms with Crippen LogP contribution >= 0.6 is 0 Å². The highest BCUT2D eigenvalue weighted by atomic mass is 19.1. The second-order valence-electron chi connectivity index (χ2n) is 4.33. The molecule has 1 unspecified atom stereocenters. The van der Waals surface area contributed by atoms with Crippen molar-refractivity contribution in [1.82, 2.24) is 5.32 Å². The van der Waals surface area contributed by atoms with Gasteiger partial charge in [-0.1, -0.05) is 13.0 Å². The Morgan fingerprint density at radius 3 is 2.78 bits per heavy atom. The molecule has 0 saturated carbocycles. The summed E-state index contributed by atoms with van der Waals surface area (Å²) in [5.41, 5.74) is 0.321. The number of aliphatic hydroxyl groups is 1. The molecule has 1 rings (SSSR count). The highest BCUT2D eigenvalue weighted by Gasteiger charge is 2.08. The minimum Gasteiger partial charge on any atom is -0.396 e. The molecule has 0 fully saturated rings. The summed E-state index contributed by atoms with van der Waals surface area (Å²) in [4.78, 5) is 11.4. The zero-order chi connectivity index (χ0) is 13.5. The number of rotatable bonds is 6. The molecule has 0 aliphatic rings. The quantitative estimate of drug-likeness (QED) is 0.814. The standard InChI is InChI=1S/C13H17F2NO2/c1-9(8-17)7-16-13(18)5-3-10-2-4-11(14)6-12(10)15/h2,4,6,9,17H,3,5,7-8H2,1H3,(H,16,18). The number of aryl methyl sites for hydroxylation is 1. The summed E-state index contributed by atoms with van der Waals surface area (Å²) >= 11 is 0. The average Bonchev–Trinajstić information content (AvgIpc) is 2.34. The fourth-order valence-corrected chi connectivity index (χ4v) is 1.41. The summed E-state index contributed by atoms with van der Waals surface area (Å²) in [6.45, 7) is 2.20. The second-order valence-corrected chi connectivity index (χ2v) is 4.33. The molecule has 3 nitrogen and oxygen atoms in total. The van der Waals surface area contributed by atoms with Gasteiger partial charge in [-0.25, -0.2) is 8.78 Å². The lowest BCUT2D eigenvalue weighted by atomic mass is 10.1. The van der Waals surface area contributed by atoms with Gasteiger partial charge >= 0.3 is 0 Å². The van der Waals surface area contributed by atoms with E-state index in [1.807, 2.05) is 0 Å². The molecule has 18 heavy (non-hydrogen) atoms. The number of hydrogen-bond acceptors (Lipinski definition) is 2. The normalized spacial score (nSPS) is 12.2. The highest BCUT2D eigenvalue weighted by molar-refractivity contribution is 5.76. The van der Waals surface area contributed by atoms with Crippen LogP contribution in [0.4, 0.5) is 8.78 Å². The van der Waals surface area contributed by atoms with Crippen LogP contribution in [0.2, 0.25) is 0 Å². The lowest BCUT2D eigenvalue weighted by Gasteiger charge is -2.09. The molecular formula is C13H17F2NO2. The first kappa shape index (κ1) is 14.6. The first-order valence-corrected chi connectivity index (χ1v) is 5.84. The fraction of sp³-hybridized carbons (Fsp3) is 0.462. The Kier molecular flexibility index (Phi) is 5.71. The van der Waals surface area contributed by atoms with E-state index in [0.717, 1.165) is 6.07 Å². The number of halogens is 2. The Morgan fingerprint density at radius 2 is 2.17 bits per heavy atom. The van der Waals surface area contributed by atoms with Crippen LogP contribution in [0.25, 0.3) is 0 Å². The van der Waals surface area contributed by atoms with Crippen molar-refractivity contribution in [2.75, 3.05) is 13.2 Å². The Hall–Kier alpha value is -1.49. The Bertz CT molecular complexity index is 410. The third kappa shape index (κ3) is 4.79. The van der Waals surface area contributed by atoms with Gasteiger partial charge in [-0.3, -0.25) is 4.79 Å². The molecule has 2 N–H and O–H groups in total. The topological polar surface area (TPSA) is 49.3 Å². The number of nitrogens with one attached hydrogen (secondary N) is 1. The fourth-order valence-electron chi connectivity index (χ4n) is 1.41. The van der Waals surface area contributed by atoms with Crippen LogP contribution < -0.4 is 5.32 Å². The molecule has 1 aromatic rings. The largest absolute Gasteiger partial charge is 0.396 e. The van der Waals surface area contributed by atoms with Gasteiger partial charge < -0.3 is 10.4 Å². The minimum absolute atomic E-state index is 0.00323. The van der Waals surface area contributed by atoms with Gasteiger partial charge in [0, 0.05) is 25.6 Å². The minimum atomic E-state index is -0.633. The van der Waals surface area contributed by atoms with Gasteiger partial charge in [0.25, 0.3) is 0 Å². The van der Waals surface area contributed by atoms with Crippen LogP contribution in [0.3, 0.4) is 0 Å². The molecule has 0 aliphatic carbocycles. The predicted molar refractivity (Wildman–Crippen MR) is 63.9 cm³/mol. The van der Waals surface area contributed by atoms with E-state index >= 15 is 0 Å². The van der Waals surface area contributed by atoms with Crippen molar-refractivity contribution >= 4 is 5.91 Å². The molecule has 0 bridgehead atoms. The van der Waals surface area contributed by atoms with Crippen molar-refractivity contribution in [3.63, 3.8) is 0 Å². The molecule has 0 heterocycles. The number of hydrogen-bond donors (Lipinski definition) is 2. The monoisotopic (exact) mass is 257 g/mol. The van der Waals surface area contributed by atoms with E-state index in [4.69, 9.17) is 5.11 Å². The smallest absolute Gasteiger partial charge is 0.220 e. The molecule has 100 valence electrons. The van der Waals surface area contributed by atoms with Crippen molar-refractivity contribution in [2.24, 2.45) is 5.92 Å². The molecule has 0 radical (unpaired) electrons. The van der Waals surface area contributed by atoms with Gasteiger partial charge in [0.2, 0.25) is 5.91 Å². The van der Waals surface area contributed by atoms with Crippen LogP contribution in [0.1, 0.15) is 18.9 Å². The zero-order valence-corrected chi connectivity index (χ0v) is 10.2. The van der Waals surface area contributed by atoms with E-state index in [1.54, 1.807) is 6.92 Å². The van der Waals surface area contributed by atoms with Crippen LogP contribution in [0.15, 0.2) is 18.2 Å². The summed E-state index contributed by atoms with van der Waals surface area (Å²) in [7, 11) is 0. The SMILES string of the molecule is CC(CO)CNC(=O)CCc1ccc(F)cc1F. The first-order chi connectivity index (χ1) is 8.52. The Balaban J connectivity index is 2.38. The van der Waals surface area contributed by atoms with E-state index in [2.05, 4.69) is 5.32 Å². The van der Waals surface area contributed by atoms with Crippen LogP contribution in [-0.4, -0.2) is 24.2 Å². The Labute approximate surface area is 105 Å². The average molecular weight is 257 g/mol. The summed E-state index contributed by atoms with van der Waals surface area (Å²) in [5, 5.41) is 11.4. The van der Waals surface area contributed by atoms with Gasteiger partial charge in [-0.15, -0.1) is 0 Å². The van der Waals surface area contributed by atoms with Crippen LogP contribution in [-0.2, 0) is 11.2 Å². The summed E-state index contributed by atoms with van der Waals surface area (Å²) in [6, 6.07) is 3.32. The van der Waals surface area contributed by atoms with Gasteiger partial charge in [-0.05, 0) is 24.0 Å². The van der Waals surface area contributed by atoms with E-state index in [0.29, 0.717) is 12.1 Å². The number of amides is 1. The maximum absolute atomic E-state index is 13.3. The van der Waals surface area contributed by atoms with Crippen molar-refractivity contribution in [2.45, 2.75) is 19.8 Å². The number of aliphatic hydroxyl groups excluding tert-OH is 1. The molecule has 1 amide bonds. The summed E-state index contributed by atoms with van der Waals surface area (Å²) in [5.74, 6) is -1.47. The van der Waals surface area contributed by atoms with Crippen molar-refractivity contribution in [1.29, 1.82) is 0 Å². The van der Waals surface area contributed by atoms with E-state index in [-0.39, 0.29) is 31.3 Å². The molecule has 0 aromatic heterocycles. The van der Waals surface area contributed by atoms with Crippen LogP contribution in [0, 0.1) is 17.6 Å². The molecule has 0 aliphatic heterocycles.